The summed E-state index contributed by atoms with van der Waals surface area (Å²) in [6.07, 6.45) is 0. The van der Waals surface area contributed by atoms with Crippen molar-refractivity contribution in [2.24, 2.45) is 0 Å². The van der Waals surface area contributed by atoms with Gasteiger partial charge in [-0.05, 0) is 26.0 Å². The summed E-state index contributed by atoms with van der Waals surface area (Å²) in [5, 5.41) is 18.4. The Morgan fingerprint density at radius 1 is 1.47 bits per heavy atom. The number of likely N-dealkylation sites (N-methyl/N-ethyl adjacent to an activating group) is 1. The molecule has 0 radical (unpaired) electrons. The van der Waals surface area contributed by atoms with E-state index in [2.05, 4.69) is 6.07 Å². The molecule has 0 atom stereocenters. The highest BCUT2D eigenvalue weighted by atomic mass is 16.5. The number of nitrogens with zero attached hydrogens (tertiary/aromatic N) is 2. The first-order valence-electron chi connectivity index (χ1n) is 5.39. The highest BCUT2D eigenvalue weighted by molar-refractivity contribution is 5.63. The minimum Gasteiger partial charge on any atom is -0.497 e. The molecule has 1 N–H and O–H groups in total. The van der Waals surface area contributed by atoms with Crippen LogP contribution in [-0.2, 0) is 0 Å². The van der Waals surface area contributed by atoms with Crippen LogP contribution in [0.3, 0.4) is 0 Å². The molecule has 0 aliphatic rings. The van der Waals surface area contributed by atoms with Crippen molar-refractivity contribution < 1.29 is 9.84 Å². The standard InChI is InChI=1S/C13H18N2O2/c1-13(2,9-16)15(3)12-7-11(17-4)6-5-10(12)8-14/h5-7,16H,9H2,1-4H3. The molecule has 0 aliphatic heterocycles. The number of methoxy groups -OCH3 is 1. The Morgan fingerprint density at radius 2 is 2.12 bits per heavy atom. The third-order valence-electron chi connectivity index (χ3n) is 2.98. The summed E-state index contributed by atoms with van der Waals surface area (Å²) in [4.78, 5) is 1.88. The van der Waals surface area contributed by atoms with Gasteiger partial charge in [0.2, 0.25) is 0 Å². The lowest BCUT2D eigenvalue weighted by Gasteiger charge is -2.36. The number of hydrogen-bond donors (Lipinski definition) is 1. The molecule has 0 spiro atoms. The lowest BCUT2D eigenvalue weighted by molar-refractivity contribution is 0.216. The summed E-state index contributed by atoms with van der Waals surface area (Å²) >= 11 is 0. The highest BCUT2D eigenvalue weighted by Gasteiger charge is 2.24. The zero-order valence-electron chi connectivity index (χ0n) is 10.7. The fourth-order valence-electron chi connectivity index (χ4n) is 1.44. The molecule has 0 bridgehead atoms. The molecule has 1 aromatic carbocycles. The number of hydrogen-bond acceptors (Lipinski definition) is 4. The largest absolute Gasteiger partial charge is 0.497 e. The molecule has 0 saturated heterocycles. The van der Waals surface area contributed by atoms with Gasteiger partial charge in [0.25, 0.3) is 0 Å². The van der Waals surface area contributed by atoms with Gasteiger partial charge in [-0.1, -0.05) is 0 Å². The van der Waals surface area contributed by atoms with E-state index < -0.39 is 5.54 Å². The monoisotopic (exact) mass is 234 g/mol. The van der Waals surface area contributed by atoms with E-state index in [1.54, 1.807) is 25.3 Å². The van der Waals surface area contributed by atoms with Crippen LogP contribution in [0.1, 0.15) is 19.4 Å². The van der Waals surface area contributed by atoms with Crippen molar-refractivity contribution in [1.29, 1.82) is 5.26 Å². The Kier molecular flexibility index (Phi) is 3.97. The third kappa shape index (κ3) is 2.69. The SMILES string of the molecule is COc1ccc(C#N)c(N(C)C(C)(C)CO)c1. The van der Waals surface area contributed by atoms with Gasteiger partial charge in [-0.15, -0.1) is 0 Å². The molecule has 4 heteroatoms. The zero-order chi connectivity index (χ0) is 13.1. The van der Waals surface area contributed by atoms with E-state index in [-0.39, 0.29) is 6.61 Å². The van der Waals surface area contributed by atoms with Gasteiger partial charge in [0.05, 0.1) is 30.5 Å². The van der Waals surface area contributed by atoms with Crippen LogP contribution in [0.4, 0.5) is 5.69 Å². The van der Waals surface area contributed by atoms with E-state index in [0.29, 0.717) is 11.3 Å². The summed E-state index contributed by atoms with van der Waals surface area (Å²) in [5.74, 6) is 0.694. The number of ether oxygens (including phenoxy) is 1. The van der Waals surface area contributed by atoms with Crippen molar-refractivity contribution >= 4 is 5.69 Å². The average molecular weight is 234 g/mol. The van der Waals surface area contributed by atoms with E-state index in [4.69, 9.17) is 10.00 Å². The van der Waals surface area contributed by atoms with Gasteiger partial charge in [0.15, 0.2) is 0 Å². The molecule has 92 valence electrons. The lowest BCUT2D eigenvalue weighted by Crippen LogP contribution is -2.44. The van der Waals surface area contributed by atoms with Gasteiger partial charge in [-0.2, -0.15) is 5.26 Å². The lowest BCUT2D eigenvalue weighted by atomic mass is 10.0. The minimum absolute atomic E-state index is 0.00553. The number of aliphatic hydroxyl groups is 1. The Balaban J connectivity index is 3.24. The van der Waals surface area contributed by atoms with Crippen LogP contribution < -0.4 is 9.64 Å². The van der Waals surface area contributed by atoms with Gasteiger partial charge in [0, 0.05) is 13.1 Å². The molecular weight excluding hydrogens is 216 g/mol. The topological polar surface area (TPSA) is 56.5 Å². The Morgan fingerprint density at radius 3 is 2.59 bits per heavy atom. The predicted molar refractivity (Wildman–Crippen MR) is 67.3 cm³/mol. The average Bonchev–Trinajstić information content (AvgIpc) is 2.36. The molecule has 0 aromatic heterocycles. The van der Waals surface area contributed by atoms with E-state index in [0.717, 1.165) is 5.69 Å². The molecule has 0 heterocycles. The number of aliphatic hydroxyl groups excluding tert-OH is 1. The van der Waals surface area contributed by atoms with Crippen LogP contribution in [0.2, 0.25) is 0 Å². The molecule has 1 rings (SSSR count). The highest BCUT2D eigenvalue weighted by Crippen LogP contribution is 2.29. The van der Waals surface area contributed by atoms with Crippen LogP contribution in [-0.4, -0.2) is 31.4 Å². The van der Waals surface area contributed by atoms with Crippen molar-refractivity contribution in [3.63, 3.8) is 0 Å². The van der Waals surface area contributed by atoms with E-state index >= 15 is 0 Å². The second kappa shape index (κ2) is 5.07. The molecular formula is C13H18N2O2. The van der Waals surface area contributed by atoms with Gasteiger partial charge in [0.1, 0.15) is 11.8 Å². The summed E-state index contributed by atoms with van der Waals surface area (Å²) in [5.41, 5.74) is 0.888. The first kappa shape index (κ1) is 13.3. The van der Waals surface area contributed by atoms with Crippen LogP contribution >= 0.6 is 0 Å². The summed E-state index contributed by atoms with van der Waals surface area (Å²) < 4.78 is 5.15. The predicted octanol–water partition coefficient (Wildman–Crippen LogP) is 1.77. The number of nitriles is 1. The third-order valence-corrected chi connectivity index (χ3v) is 2.98. The first-order chi connectivity index (χ1) is 7.96. The fourth-order valence-corrected chi connectivity index (χ4v) is 1.44. The molecule has 0 unspecified atom stereocenters. The minimum atomic E-state index is -0.433. The normalized spacial score (nSPS) is 10.8. The quantitative estimate of drug-likeness (QED) is 0.862. The summed E-state index contributed by atoms with van der Waals surface area (Å²) in [6, 6.07) is 7.42. The Labute approximate surface area is 102 Å². The van der Waals surface area contributed by atoms with Gasteiger partial charge in [-0.25, -0.2) is 0 Å². The molecule has 0 fully saturated rings. The molecule has 0 aliphatic carbocycles. The molecule has 0 amide bonds. The maximum atomic E-state index is 9.36. The number of anilines is 1. The van der Waals surface area contributed by atoms with Gasteiger partial charge in [-0.3, -0.25) is 0 Å². The van der Waals surface area contributed by atoms with Crippen molar-refractivity contribution in [2.45, 2.75) is 19.4 Å². The van der Waals surface area contributed by atoms with E-state index in [9.17, 15) is 5.11 Å². The van der Waals surface area contributed by atoms with E-state index in [1.165, 1.54) is 0 Å². The maximum Gasteiger partial charge on any atom is 0.121 e. The van der Waals surface area contributed by atoms with Crippen molar-refractivity contribution in [3.05, 3.63) is 23.8 Å². The molecule has 1 aromatic rings. The number of benzene rings is 1. The van der Waals surface area contributed by atoms with Crippen LogP contribution in [0.5, 0.6) is 5.75 Å². The van der Waals surface area contributed by atoms with Crippen molar-refractivity contribution in [2.75, 3.05) is 25.7 Å². The maximum absolute atomic E-state index is 9.36. The molecule has 0 saturated carbocycles. The fraction of sp³-hybridized carbons (Fsp3) is 0.462. The summed E-state index contributed by atoms with van der Waals surface area (Å²) in [7, 11) is 3.44. The van der Waals surface area contributed by atoms with Gasteiger partial charge >= 0.3 is 0 Å². The zero-order valence-corrected chi connectivity index (χ0v) is 10.7. The first-order valence-corrected chi connectivity index (χ1v) is 5.39. The van der Waals surface area contributed by atoms with E-state index in [1.807, 2.05) is 25.8 Å². The van der Waals surface area contributed by atoms with Crippen molar-refractivity contribution in [3.8, 4) is 11.8 Å². The smallest absolute Gasteiger partial charge is 0.121 e. The molecule has 17 heavy (non-hydrogen) atoms. The molecule has 4 nitrogen and oxygen atoms in total. The summed E-state index contributed by atoms with van der Waals surface area (Å²) in [6.45, 7) is 3.83. The second-order valence-corrected chi connectivity index (χ2v) is 4.52. The number of rotatable bonds is 4. The van der Waals surface area contributed by atoms with Crippen LogP contribution in [0.25, 0.3) is 0 Å². The second-order valence-electron chi connectivity index (χ2n) is 4.52. The Hall–Kier alpha value is -1.73. The van der Waals surface area contributed by atoms with Crippen LogP contribution in [0, 0.1) is 11.3 Å². The van der Waals surface area contributed by atoms with Gasteiger partial charge < -0.3 is 14.7 Å². The van der Waals surface area contributed by atoms with Crippen molar-refractivity contribution in [1.82, 2.24) is 0 Å². The Bertz CT molecular complexity index is 436. The van der Waals surface area contributed by atoms with Crippen LogP contribution in [0.15, 0.2) is 18.2 Å².